The molecule has 0 aliphatic rings. The van der Waals surface area contributed by atoms with Gasteiger partial charge in [-0.05, 0) is 17.7 Å². The summed E-state index contributed by atoms with van der Waals surface area (Å²) in [7, 11) is 0. The molecule has 122 valence electrons. The van der Waals surface area contributed by atoms with E-state index in [-0.39, 0.29) is 12.2 Å². The van der Waals surface area contributed by atoms with Crippen LogP contribution in [0.15, 0.2) is 65.1 Å². The molecule has 0 radical (unpaired) electrons. The first-order valence-electron chi connectivity index (χ1n) is 7.44. The standard InChI is InChI=1S/C18H16N2O4/c21-14(12-6-2-1-3-7-12)11-17(22)19-20-18(23)16-10-13-8-4-5-9-15(13)24-16/h1-10,14,21H,11H2,(H,19,22)(H,20,23). The Morgan fingerprint density at radius 3 is 2.46 bits per heavy atom. The Hall–Kier alpha value is -3.12. The maximum Gasteiger partial charge on any atom is 0.305 e. The summed E-state index contributed by atoms with van der Waals surface area (Å²) in [5, 5.41) is 10.8. The van der Waals surface area contributed by atoms with Gasteiger partial charge in [0.1, 0.15) is 5.58 Å². The highest BCUT2D eigenvalue weighted by Crippen LogP contribution is 2.18. The van der Waals surface area contributed by atoms with Gasteiger partial charge < -0.3 is 9.52 Å². The number of carbonyl (C=O) groups is 2. The van der Waals surface area contributed by atoms with Crippen molar-refractivity contribution in [2.75, 3.05) is 0 Å². The van der Waals surface area contributed by atoms with Crippen molar-refractivity contribution in [1.82, 2.24) is 10.9 Å². The molecule has 2 aromatic carbocycles. The summed E-state index contributed by atoms with van der Waals surface area (Å²) in [4.78, 5) is 23.8. The van der Waals surface area contributed by atoms with E-state index in [0.717, 1.165) is 5.39 Å². The van der Waals surface area contributed by atoms with Crippen molar-refractivity contribution in [3.05, 3.63) is 72.0 Å². The monoisotopic (exact) mass is 324 g/mol. The van der Waals surface area contributed by atoms with Gasteiger partial charge in [0.25, 0.3) is 0 Å². The SMILES string of the molecule is O=C(CC(O)c1ccccc1)NNC(=O)c1cc2ccccc2o1. The third-order valence-corrected chi connectivity index (χ3v) is 3.53. The topological polar surface area (TPSA) is 91.6 Å². The predicted molar refractivity (Wildman–Crippen MR) is 87.8 cm³/mol. The van der Waals surface area contributed by atoms with Crippen LogP contribution in [0.5, 0.6) is 0 Å². The zero-order valence-electron chi connectivity index (χ0n) is 12.7. The van der Waals surface area contributed by atoms with Crippen LogP contribution in [-0.2, 0) is 4.79 Å². The van der Waals surface area contributed by atoms with E-state index in [0.29, 0.717) is 11.1 Å². The molecule has 0 saturated heterocycles. The van der Waals surface area contributed by atoms with Crippen molar-refractivity contribution >= 4 is 22.8 Å². The molecule has 0 aliphatic carbocycles. The number of furan rings is 1. The summed E-state index contributed by atoms with van der Waals surface area (Å²) in [6, 6.07) is 17.6. The second-order valence-corrected chi connectivity index (χ2v) is 5.28. The van der Waals surface area contributed by atoms with Crippen molar-refractivity contribution in [2.45, 2.75) is 12.5 Å². The average Bonchev–Trinajstić information content (AvgIpc) is 3.04. The highest BCUT2D eigenvalue weighted by molar-refractivity contribution is 5.96. The van der Waals surface area contributed by atoms with Crippen LogP contribution in [0.1, 0.15) is 28.6 Å². The number of hydrogen-bond donors (Lipinski definition) is 3. The molecule has 6 heteroatoms. The molecule has 3 aromatic rings. The largest absolute Gasteiger partial charge is 0.451 e. The maximum atomic E-state index is 12.0. The second-order valence-electron chi connectivity index (χ2n) is 5.28. The zero-order valence-corrected chi connectivity index (χ0v) is 12.7. The van der Waals surface area contributed by atoms with Gasteiger partial charge in [-0.2, -0.15) is 0 Å². The van der Waals surface area contributed by atoms with Crippen LogP contribution in [0.2, 0.25) is 0 Å². The molecule has 1 aromatic heterocycles. The number of para-hydroxylation sites is 1. The molecule has 3 rings (SSSR count). The van der Waals surface area contributed by atoms with Gasteiger partial charge in [0.05, 0.1) is 12.5 Å². The Labute approximate surface area is 138 Å². The lowest BCUT2D eigenvalue weighted by molar-refractivity contribution is -0.123. The van der Waals surface area contributed by atoms with Crippen LogP contribution in [0, 0.1) is 0 Å². The fraction of sp³-hybridized carbons (Fsp3) is 0.111. The Bertz CT molecular complexity index is 825. The number of aliphatic hydroxyl groups excluding tert-OH is 1. The van der Waals surface area contributed by atoms with E-state index in [9.17, 15) is 14.7 Å². The first-order valence-corrected chi connectivity index (χ1v) is 7.44. The number of rotatable bonds is 4. The number of amides is 2. The van der Waals surface area contributed by atoms with Crippen molar-refractivity contribution in [3.63, 3.8) is 0 Å². The van der Waals surface area contributed by atoms with E-state index in [1.165, 1.54) is 0 Å². The van der Waals surface area contributed by atoms with E-state index < -0.39 is 17.9 Å². The Morgan fingerprint density at radius 2 is 1.71 bits per heavy atom. The highest BCUT2D eigenvalue weighted by atomic mass is 16.3. The molecule has 1 heterocycles. The number of hydrogen-bond acceptors (Lipinski definition) is 4. The minimum atomic E-state index is -0.936. The number of aliphatic hydroxyl groups is 1. The fourth-order valence-corrected chi connectivity index (χ4v) is 2.30. The van der Waals surface area contributed by atoms with Gasteiger partial charge in [0.15, 0.2) is 5.76 Å². The molecule has 0 spiro atoms. The van der Waals surface area contributed by atoms with Crippen molar-refractivity contribution in [2.24, 2.45) is 0 Å². The lowest BCUT2D eigenvalue weighted by Gasteiger charge is -2.11. The average molecular weight is 324 g/mol. The summed E-state index contributed by atoms with van der Waals surface area (Å²) in [6.07, 6.45) is -1.10. The molecule has 3 N–H and O–H groups in total. The molecule has 24 heavy (non-hydrogen) atoms. The number of nitrogens with one attached hydrogen (secondary N) is 2. The van der Waals surface area contributed by atoms with E-state index in [1.54, 1.807) is 42.5 Å². The van der Waals surface area contributed by atoms with Crippen LogP contribution < -0.4 is 10.9 Å². The second kappa shape index (κ2) is 6.97. The predicted octanol–water partition coefficient (Wildman–Crippen LogP) is 2.32. The van der Waals surface area contributed by atoms with Crippen LogP contribution in [0.4, 0.5) is 0 Å². The molecule has 0 bridgehead atoms. The minimum Gasteiger partial charge on any atom is -0.451 e. The Balaban J connectivity index is 1.55. The summed E-state index contributed by atoms with van der Waals surface area (Å²) < 4.78 is 5.40. The van der Waals surface area contributed by atoms with Gasteiger partial charge in [-0.1, -0.05) is 48.5 Å². The van der Waals surface area contributed by atoms with Crippen molar-refractivity contribution in [1.29, 1.82) is 0 Å². The van der Waals surface area contributed by atoms with Crippen LogP contribution in [0.3, 0.4) is 0 Å². The molecule has 2 amide bonds. The normalized spacial score (nSPS) is 11.9. The highest BCUT2D eigenvalue weighted by Gasteiger charge is 2.15. The van der Waals surface area contributed by atoms with Crippen LogP contribution in [-0.4, -0.2) is 16.9 Å². The summed E-state index contributed by atoms with van der Waals surface area (Å²) in [5.41, 5.74) is 5.77. The molecule has 0 saturated carbocycles. The Morgan fingerprint density at radius 1 is 1.00 bits per heavy atom. The first-order chi connectivity index (χ1) is 11.6. The molecular formula is C18H16N2O4. The summed E-state index contributed by atoms with van der Waals surface area (Å²) >= 11 is 0. The van der Waals surface area contributed by atoms with Gasteiger partial charge in [-0.15, -0.1) is 0 Å². The van der Waals surface area contributed by atoms with Crippen LogP contribution >= 0.6 is 0 Å². The van der Waals surface area contributed by atoms with Crippen LogP contribution in [0.25, 0.3) is 11.0 Å². The third kappa shape index (κ3) is 3.61. The first kappa shape index (κ1) is 15.8. The number of benzene rings is 2. The van der Waals surface area contributed by atoms with E-state index in [2.05, 4.69) is 10.9 Å². The lowest BCUT2D eigenvalue weighted by Crippen LogP contribution is -2.41. The molecule has 6 nitrogen and oxygen atoms in total. The maximum absolute atomic E-state index is 12.0. The number of fused-ring (bicyclic) bond motifs is 1. The lowest BCUT2D eigenvalue weighted by atomic mass is 10.1. The third-order valence-electron chi connectivity index (χ3n) is 3.53. The van der Waals surface area contributed by atoms with E-state index in [1.807, 2.05) is 18.2 Å². The van der Waals surface area contributed by atoms with Crippen molar-refractivity contribution < 1.29 is 19.1 Å². The smallest absolute Gasteiger partial charge is 0.305 e. The summed E-state index contributed by atoms with van der Waals surface area (Å²) in [5.74, 6) is -0.968. The minimum absolute atomic E-state index is 0.0973. The van der Waals surface area contributed by atoms with Gasteiger partial charge in [0, 0.05) is 5.39 Å². The molecule has 0 aliphatic heterocycles. The molecular weight excluding hydrogens is 308 g/mol. The zero-order chi connectivity index (χ0) is 16.9. The van der Waals surface area contributed by atoms with E-state index >= 15 is 0 Å². The number of hydrazine groups is 1. The fourth-order valence-electron chi connectivity index (χ4n) is 2.30. The van der Waals surface area contributed by atoms with Crippen molar-refractivity contribution in [3.8, 4) is 0 Å². The molecule has 1 unspecified atom stereocenters. The summed E-state index contributed by atoms with van der Waals surface area (Å²) in [6.45, 7) is 0. The molecule has 1 atom stereocenters. The van der Waals surface area contributed by atoms with Gasteiger partial charge >= 0.3 is 5.91 Å². The Kier molecular flexibility index (Phi) is 4.58. The quantitative estimate of drug-likeness (QED) is 0.642. The van der Waals surface area contributed by atoms with Gasteiger partial charge in [-0.3, -0.25) is 20.4 Å². The molecule has 0 fully saturated rings. The van der Waals surface area contributed by atoms with Gasteiger partial charge in [0.2, 0.25) is 5.91 Å². The van der Waals surface area contributed by atoms with Gasteiger partial charge in [-0.25, -0.2) is 0 Å². The van der Waals surface area contributed by atoms with E-state index in [4.69, 9.17) is 4.42 Å². The number of carbonyl (C=O) groups excluding carboxylic acids is 2.